The molecule has 1 aliphatic carbocycles. The highest BCUT2D eigenvalue weighted by Gasteiger charge is 2.15. The third-order valence-corrected chi connectivity index (χ3v) is 5.71. The van der Waals surface area contributed by atoms with Gasteiger partial charge in [-0.25, -0.2) is 4.98 Å². The molecular formula is C23H21N3O2S. The molecule has 4 rings (SSSR count). The number of allylic oxidation sites excluding steroid dienone is 2. The van der Waals surface area contributed by atoms with E-state index in [9.17, 15) is 9.59 Å². The van der Waals surface area contributed by atoms with Crippen molar-refractivity contribution >= 4 is 50.8 Å². The van der Waals surface area contributed by atoms with Crippen molar-refractivity contribution in [2.75, 3.05) is 10.6 Å². The van der Waals surface area contributed by atoms with Crippen molar-refractivity contribution in [2.45, 2.75) is 19.3 Å². The lowest BCUT2D eigenvalue weighted by molar-refractivity contribution is -0.117. The molecule has 1 atom stereocenters. The van der Waals surface area contributed by atoms with Crippen molar-refractivity contribution in [1.29, 1.82) is 0 Å². The summed E-state index contributed by atoms with van der Waals surface area (Å²) in [7, 11) is 0. The second-order valence-electron chi connectivity index (χ2n) is 6.91. The van der Waals surface area contributed by atoms with Gasteiger partial charge in [0.1, 0.15) is 5.01 Å². The van der Waals surface area contributed by atoms with E-state index in [2.05, 4.69) is 27.8 Å². The summed E-state index contributed by atoms with van der Waals surface area (Å²) in [6.07, 6.45) is 9.88. The third kappa shape index (κ3) is 4.97. The van der Waals surface area contributed by atoms with Crippen LogP contribution >= 0.6 is 11.3 Å². The van der Waals surface area contributed by atoms with Gasteiger partial charge in [-0.1, -0.05) is 36.4 Å². The fourth-order valence-corrected chi connectivity index (χ4v) is 4.16. The Labute approximate surface area is 173 Å². The number of hydrogen-bond donors (Lipinski definition) is 2. The van der Waals surface area contributed by atoms with E-state index < -0.39 is 0 Å². The number of nitrogens with one attached hydrogen (secondary N) is 2. The summed E-state index contributed by atoms with van der Waals surface area (Å²) in [6, 6.07) is 15.1. The standard InChI is InChI=1S/C23H21N3O2S/c27-21(13-14-23-26-19-11-5-6-12-20(19)29-23)24-17-9-3-4-10-18(17)25-22(28)15-16-7-1-2-8-16/h1,3-7,9-14,16H,2,8,15H2,(H,24,27)(H,25,28)/b14-13+. The lowest BCUT2D eigenvalue weighted by Gasteiger charge is -2.12. The Balaban J connectivity index is 1.40. The fraction of sp³-hybridized carbons (Fsp3) is 0.174. The van der Waals surface area contributed by atoms with Gasteiger partial charge < -0.3 is 10.6 Å². The van der Waals surface area contributed by atoms with Gasteiger partial charge >= 0.3 is 0 Å². The Morgan fingerprint density at radius 3 is 2.59 bits per heavy atom. The number of para-hydroxylation sites is 3. The first kappa shape index (κ1) is 19.1. The van der Waals surface area contributed by atoms with E-state index in [0.717, 1.165) is 28.1 Å². The van der Waals surface area contributed by atoms with Crippen LogP contribution in [0.5, 0.6) is 0 Å². The molecule has 0 saturated heterocycles. The van der Waals surface area contributed by atoms with Crippen molar-refractivity contribution in [2.24, 2.45) is 5.92 Å². The van der Waals surface area contributed by atoms with Crippen molar-refractivity contribution in [3.8, 4) is 0 Å². The molecule has 0 bridgehead atoms. The molecule has 0 radical (unpaired) electrons. The van der Waals surface area contributed by atoms with Gasteiger partial charge in [-0.2, -0.15) is 0 Å². The van der Waals surface area contributed by atoms with E-state index in [-0.39, 0.29) is 11.8 Å². The van der Waals surface area contributed by atoms with Crippen LogP contribution in [0.4, 0.5) is 11.4 Å². The summed E-state index contributed by atoms with van der Waals surface area (Å²) in [4.78, 5) is 29.2. The smallest absolute Gasteiger partial charge is 0.248 e. The zero-order chi connectivity index (χ0) is 20.1. The summed E-state index contributed by atoms with van der Waals surface area (Å²) in [6.45, 7) is 0. The van der Waals surface area contributed by atoms with E-state index >= 15 is 0 Å². The van der Waals surface area contributed by atoms with Crippen LogP contribution in [0.25, 0.3) is 16.3 Å². The van der Waals surface area contributed by atoms with Gasteiger partial charge in [0, 0.05) is 12.5 Å². The Hall–Kier alpha value is -3.25. The van der Waals surface area contributed by atoms with Gasteiger partial charge in [0.25, 0.3) is 0 Å². The molecule has 1 heterocycles. The fourth-order valence-electron chi connectivity index (χ4n) is 3.29. The number of benzene rings is 2. The van der Waals surface area contributed by atoms with Crippen molar-refractivity contribution in [1.82, 2.24) is 4.98 Å². The number of rotatable bonds is 6. The van der Waals surface area contributed by atoms with E-state index in [1.54, 1.807) is 18.2 Å². The zero-order valence-corrected chi connectivity index (χ0v) is 16.6. The first-order valence-electron chi connectivity index (χ1n) is 9.57. The number of carbonyl (C=O) groups is 2. The average molecular weight is 404 g/mol. The van der Waals surface area contributed by atoms with Crippen LogP contribution in [-0.2, 0) is 9.59 Å². The van der Waals surface area contributed by atoms with E-state index in [1.165, 1.54) is 17.4 Å². The minimum absolute atomic E-state index is 0.0479. The number of anilines is 2. The number of carbonyl (C=O) groups excluding carboxylic acids is 2. The van der Waals surface area contributed by atoms with Gasteiger partial charge in [0.15, 0.2) is 0 Å². The molecule has 146 valence electrons. The van der Waals surface area contributed by atoms with E-state index in [1.807, 2.05) is 36.4 Å². The van der Waals surface area contributed by atoms with Gasteiger partial charge in [0.2, 0.25) is 11.8 Å². The van der Waals surface area contributed by atoms with Crippen molar-refractivity contribution in [3.63, 3.8) is 0 Å². The minimum Gasteiger partial charge on any atom is -0.324 e. The first-order valence-corrected chi connectivity index (χ1v) is 10.4. The maximum Gasteiger partial charge on any atom is 0.248 e. The lowest BCUT2D eigenvalue weighted by Crippen LogP contribution is -2.17. The molecule has 0 spiro atoms. The van der Waals surface area contributed by atoms with Crippen LogP contribution < -0.4 is 10.6 Å². The summed E-state index contributed by atoms with van der Waals surface area (Å²) in [5.41, 5.74) is 2.09. The zero-order valence-electron chi connectivity index (χ0n) is 15.8. The highest BCUT2D eigenvalue weighted by Crippen LogP contribution is 2.25. The molecule has 6 heteroatoms. The second kappa shape index (κ2) is 8.84. The molecular weight excluding hydrogens is 382 g/mol. The maximum atomic E-state index is 12.4. The Morgan fingerprint density at radius 2 is 1.83 bits per heavy atom. The number of aromatic nitrogens is 1. The minimum atomic E-state index is -0.273. The third-order valence-electron chi connectivity index (χ3n) is 4.71. The quantitative estimate of drug-likeness (QED) is 0.437. The van der Waals surface area contributed by atoms with Gasteiger partial charge in [0.05, 0.1) is 21.6 Å². The van der Waals surface area contributed by atoms with Crippen LogP contribution in [0.2, 0.25) is 0 Å². The molecule has 0 aliphatic heterocycles. The lowest BCUT2D eigenvalue weighted by atomic mass is 10.0. The molecule has 2 N–H and O–H groups in total. The summed E-state index contributed by atoms with van der Waals surface area (Å²) < 4.78 is 1.08. The maximum absolute atomic E-state index is 12.4. The van der Waals surface area contributed by atoms with Gasteiger partial charge in [-0.3, -0.25) is 9.59 Å². The molecule has 0 saturated carbocycles. The largest absolute Gasteiger partial charge is 0.324 e. The monoisotopic (exact) mass is 403 g/mol. The van der Waals surface area contributed by atoms with Crippen molar-refractivity contribution < 1.29 is 9.59 Å². The topological polar surface area (TPSA) is 71.1 Å². The van der Waals surface area contributed by atoms with Crippen LogP contribution in [-0.4, -0.2) is 16.8 Å². The second-order valence-corrected chi connectivity index (χ2v) is 7.97. The number of hydrogen-bond acceptors (Lipinski definition) is 4. The first-order chi connectivity index (χ1) is 14.2. The normalized spacial score (nSPS) is 15.8. The molecule has 3 aromatic rings. The van der Waals surface area contributed by atoms with Gasteiger partial charge in [-0.15, -0.1) is 11.3 Å². The van der Waals surface area contributed by atoms with Crippen LogP contribution in [0.1, 0.15) is 24.3 Å². The van der Waals surface area contributed by atoms with Crippen LogP contribution in [0.3, 0.4) is 0 Å². The molecule has 2 aromatic carbocycles. The predicted molar refractivity (Wildman–Crippen MR) is 119 cm³/mol. The molecule has 1 aliphatic rings. The Bertz CT molecular complexity index is 1070. The Morgan fingerprint density at radius 1 is 1.07 bits per heavy atom. The number of fused-ring (bicyclic) bond motifs is 1. The molecule has 29 heavy (non-hydrogen) atoms. The van der Waals surface area contributed by atoms with Gasteiger partial charge in [-0.05, 0) is 49.1 Å². The highest BCUT2D eigenvalue weighted by atomic mass is 32.1. The van der Waals surface area contributed by atoms with E-state index in [0.29, 0.717) is 23.7 Å². The number of nitrogens with zero attached hydrogens (tertiary/aromatic N) is 1. The number of amides is 2. The van der Waals surface area contributed by atoms with Crippen LogP contribution in [0.15, 0.2) is 66.8 Å². The van der Waals surface area contributed by atoms with Crippen molar-refractivity contribution in [3.05, 3.63) is 71.8 Å². The predicted octanol–water partition coefficient (Wildman–Crippen LogP) is 5.24. The van der Waals surface area contributed by atoms with Crippen LogP contribution in [0, 0.1) is 5.92 Å². The molecule has 1 unspecified atom stereocenters. The highest BCUT2D eigenvalue weighted by molar-refractivity contribution is 7.19. The summed E-state index contributed by atoms with van der Waals surface area (Å²) >= 11 is 1.53. The summed E-state index contributed by atoms with van der Waals surface area (Å²) in [5.74, 6) is -0.0218. The average Bonchev–Trinajstić information content (AvgIpc) is 3.37. The molecule has 2 amide bonds. The molecule has 0 fully saturated rings. The number of thiazole rings is 1. The van der Waals surface area contributed by atoms with E-state index in [4.69, 9.17) is 0 Å². The molecule has 1 aromatic heterocycles. The Kier molecular flexibility index (Phi) is 5.81. The SMILES string of the molecule is O=C(/C=C/c1nc2ccccc2s1)Nc1ccccc1NC(=O)CC1C=CCC1. The molecule has 5 nitrogen and oxygen atoms in total. The summed E-state index contributed by atoms with van der Waals surface area (Å²) in [5, 5.41) is 6.52.